The van der Waals surface area contributed by atoms with E-state index in [1.807, 2.05) is 6.07 Å². The average molecular weight is 439 g/mol. The van der Waals surface area contributed by atoms with Crippen molar-refractivity contribution >= 4 is 17.6 Å². The van der Waals surface area contributed by atoms with E-state index in [2.05, 4.69) is 6.58 Å². The Hall–Kier alpha value is -3.68. The first-order valence-corrected chi connectivity index (χ1v) is 10.2. The molecule has 0 unspecified atom stereocenters. The first-order chi connectivity index (χ1) is 15.4. The van der Waals surface area contributed by atoms with Crippen LogP contribution in [0.3, 0.4) is 0 Å². The Morgan fingerprint density at radius 3 is 2.06 bits per heavy atom. The Morgan fingerprint density at radius 1 is 0.906 bits per heavy atom. The highest BCUT2D eigenvalue weighted by atomic mass is 16.6. The van der Waals surface area contributed by atoms with E-state index >= 15 is 0 Å². The molecule has 2 aliphatic rings. The van der Waals surface area contributed by atoms with Crippen LogP contribution in [0.4, 0.5) is 5.69 Å². The van der Waals surface area contributed by atoms with Gasteiger partial charge in [-0.3, -0.25) is 14.5 Å². The van der Waals surface area contributed by atoms with E-state index in [1.54, 1.807) is 29.2 Å². The number of amides is 1. The molecule has 1 aliphatic carbocycles. The van der Waals surface area contributed by atoms with Crippen molar-refractivity contribution in [2.75, 3.05) is 33.3 Å². The molecule has 32 heavy (non-hydrogen) atoms. The number of carbonyl (C=O) groups is 2. The summed E-state index contributed by atoms with van der Waals surface area (Å²) in [7, 11) is 6.05. The van der Waals surface area contributed by atoms with Gasteiger partial charge in [-0.05, 0) is 30.5 Å². The van der Waals surface area contributed by atoms with Gasteiger partial charge in [0.2, 0.25) is 5.75 Å². The first kappa shape index (κ1) is 21.5. The molecule has 1 saturated carbocycles. The second kappa shape index (κ2) is 8.45. The molecule has 1 amide bonds. The highest BCUT2D eigenvalue weighted by molar-refractivity contribution is 6.15. The number of hydrogen-bond acceptors (Lipinski definition) is 7. The smallest absolute Gasteiger partial charge is 0.314 e. The number of rotatable bonds is 8. The number of β-lactam (4-membered cyclic amide) rings is 1. The van der Waals surface area contributed by atoms with Crippen LogP contribution in [0.5, 0.6) is 28.7 Å². The third-order valence-electron chi connectivity index (χ3n) is 5.63. The zero-order valence-corrected chi connectivity index (χ0v) is 18.5. The predicted octanol–water partition coefficient (Wildman–Crippen LogP) is 3.68. The standard InChI is InChI=1S/C24H25NO7/c1-13-21(15-8-9-17(28-2)18(10-15)32-24(27)14-6-7-14)25(23(13)26)16-11-19(29-3)22(31-5)20(12-16)30-4/h8-12,14,21H,1,6-7H2,2-5H3/t21-/m1/s1. The summed E-state index contributed by atoms with van der Waals surface area (Å²) in [5.74, 6) is 1.50. The maximum absolute atomic E-state index is 12.8. The van der Waals surface area contributed by atoms with E-state index in [9.17, 15) is 9.59 Å². The molecular formula is C24H25NO7. The molecule has 2 fully saturated rings. The summed E-state index contributed by atoms with van der Waals surface area (Å²) in [4.78, 5) is 26.6. The van der Waals surface area contributed by atoms with Gasteiger partial charge in [-0.25, -0.2) is 0 Å². The van der Waals surface area contributed by atoms with E-state index in [4.69, 9.17) is 23.7 Å². The summed E-state index contributed by atoms with van der Waals surface area (Å²) < 4.78 is 27.1. The number of esters is 1. The third kappa shape index (κ3) is 3.62. The van der Waals surface area contributed by atoms with Crippen LogP contribution in [0, 0.1) is 5.92 Å². The summed E-state index contributed by atoms with van der Waals surface area (Å²) in [5.41, 5.74) is 1.72. The quantitative estimate of drug-likeness (QED) is 0.269. The average Bonchev–Trinajstić information content (AvgIpc) is 3.66. The molecule has 0 aromatic heterocycles. The maximum Gasteiger partial charge on any atom is 0.314 e. The van der Waals surface area contributed by atoms with Crippen LogP contribution in [-0.2, 0) is 9.59 Å². The highest BCUT2D eigenvalue weighted by Gasteiger charge is 2.43. The van der Waals surface area contributed by atoms with Gasteiger partial charge in [-0.15, -0.1) is 0 Å². The van der Waals surface area contributed by atoms with E-state index in [0.29, 0.717) is 40.0 Å². The van der Waals surface area contributed by atoms with Crippen molar-refractivity contribution in [1.82, 2.24) is 0 Å². The van der Waals surface area contributed by atoms with Crippen LogP contribution in [0.2, 0.25) is 0 Å². The molecule has 2 aromatic rings. The molecular weight excluding hydrogens is 414 g/mol. The van der Waals surface area contributed by atoms with Gasteiger partial charge in [-0.2, -0.15) is 0 Å². The number of ether oxygens (including phenoxy) is 5. The molecule has 0 N–H and O–H groups in total. The lowest BCUT2D eigenvalue weighted by atomic mass is 9.88. The number of carbonyl (C=O) groups excluding carboxylic acids is 2. The fraction of sp³-hybridized carbons (Fsp3) is 0.333. The molecule has 8 heteroatoms. The summed E-state index contributed by atoms with van der Waals surface area (Å²) in [5, 5.41) is 0. The SMILES string of the molecule is C=C1C(=O)N(c2cc(OC)c(OC)c(OC)c2)[C@H]1c1ccc(OC)c(OC(=O)C2CC2)c1. The molecule has 168 valence electrons. The van der Waals surface area contributed by atoms with E-state index < -0.39 is 6.04 Å². The topological polar surface area (TPSA) is 83.5 Å². The van der Waals surface area contributed by atoms with Gasteiger partial charge in [0.1, 0.15) is 0 Å². The van der Waals surface area contributed by atoms with Crippen LogP contribution >= 0.6 is 0 Å². The van der Waals surface area contributed by atoms with Crippen molar-refractivity contribution in [1.29, 1.82) is 0 Å². The highest BCUT2D eigenvalue weighted by Crippen LogP contribution is 2.48. The minimum Gasteiger partial charge on any atom is -0.493 e. The lowest BCUT2D eigenvalue weighted by Gasteiger charge is -2.42. The van der Waals surface area contributed by atoms with Gasteiger partial charge in [-0.1, -0.05) is 12.6 Å². The summed E-state index contributed by atoms with van der Waals surface area (Å²) >= 11 is 0. The maximum atomic E-state index is 12.8. The fourth-order valence-corrected chi connectivity index (χ4v) is 3.76. The molecule has 0 bridgehead atoms. The first-order valence-electron chi connectivity index (χ1n) is 10.2. The van der Waals surface area contributed by atoms with Crippen molar-refractivity contribution in [2.24, 2.45) is 5.92 Å². The van der Waals surface area contributed by atoms with Crippen LogP contribution in [0.25, 0.3) is 0 Å². The molecule has 2 aromatic carbocycles. The van der Waals surface area contributed by atoms with E-state index in [1.165, 1.54) is 28.4 Å². The van der Waals surface area contributed by atoms with Crippen molar-refractivity contribution in [3.63, 3.8) is 0 Å². The number of nitrogens with zero attached hydrogens (tertiary/aromatic N) is 1. The minimum absolute atomic E-state index is 0.0562. The van der Waals surface area contributed by atoms with Gasteiger partial charge in [0.25, 0.3) is 5.91 Å². The Kier molecular flexibility index (Phi) is 5.69. The van der Waals surface area contributed by atoms with E-state index in [-0.39, 0.29) is 17.8 Å². The van der Waals surface area contributed by atoms with Crippen molar-refractivity contribution < 1.29 is 33.3 Å². The molecule has 0 radical (unpaired) electrons. The fourth-order valence-electron chi connectivity index (χ4n) is 3.76. The lowest BCUT2D eigenvalue weighted by Crippen LogP contribution is -2.48. The zero-order chi connectivity index (χ0) is 23.0. The van der Waals surface area contributed by atoms with Crippen LogP contribution in [0.1, 0.15) is 24.4 Å². The lowest BCUT2D eigenvalue weighted by molar-refractivity contribution is -0.135. The van der Waals surface area contributed by atoms with Gasteiger partial charge in [0.15, 0.2) is 23.0 Å². The summed E-state index contributed by atoms with van der Waals surface area (Å²) in [6.07, 6.45) is 1.67. The van der Waals surface area contributed by atoms with Crippen molar-refractivity contribution in [3.05, 3.63) is 48.0 Å². The Balaban J connectivity index is 1.71. The molecule has 8 nitrogen and oxygen atoms in total. The second-order valence-corrected chi connectivity index (χ2v) is 7.59. The van der Waals surface area contributed by atoms with Crippen molar-refractivity contribution in [3.8, 4) is 28.7 Å². The molecule has 4 rings (SSSR count). The van der Waals surface area contributed by atoms with Crippen LogP contribution in [-0.4, -0.2) is 40.3 Å². The number of anilines is 1. The monoisotopic (exact) mass is 439 g/mol. The molecule has 0 spiro atoms. The minimum atomic E-state index is -0.449. The second-order valence-electron chi connectivity index (χ2n) is 7.59. The summed E-state index contributed by atoms with van der Waals surface area (Å²) in [6.45, 7) is 3.95. The van der Waals surface area contributed by atoms with Crippen molar-refractivity contribution in [2.45, 2.75) is 18.9 Å². The Bertz CT molecular complexity index is 1060. The van der Waals surface area contributed by atoms with Gasteiger partial charge >= 0.3 is 5.97 Å². The van der Waals surface area contributed by atoms with Gasteiger partial charge < -0.3 is 23.7 Å². The number of methoxy groups -OCH3 is 4. The third-order valence-corrected chi connectivity index (χ3v) is 5.63. The van der Waals surface area contributed by atoms with Gasteiger partial charge in [0, 0.05) is 17.7 Å². The molecule has 1 aliphatic heterocycles. The molecule has 1 heterocycles. The zero-order valence-electron chi connectivity index (χ0n) is 18.5. The number of hydrogen-bond donors (Lipinski definition) is 0. The molecule has 1 saturated heterocycles. The van der Waals surface area contributed by atoms with Crippen LogP contribution in [0.15, 0.2) is 42.5 Å². The normalized spacial score (nSPS) is 17.5. The van der Waals surface area contributed by atoms with E-state index in [0.717, 1.165) is 18.4 Å². The molecule has 1 atom stereocenters. The summed E-state index contributed by atoms with van der Waals surface area (Å²) in [6, 6.07) is 8.21. The Labute approximate surface area is 186 Å². The Morgan fingerprint density at radius 2 is 1.53 bits per heavy atom. The predicted molar refractivity (Wildman–Crippen MR) is 117 cm³/mol. The van der Waals surface area contributed by atoms with Gasteiger partial charge in [0.05, 0.1) is 46.1 Å². The number of benzene rings is 2. The van der Waals surface area contributed by atoms with Crippen LogP contribution < -0.4 is 28.6 Å². The largest absolute Gasteiger partial charge is 0.493 e.